The third kappa shape index (κ3) is 1.68. The zero-order chi connectivity index (χ0) is 13.0. The van der Waals surface area contributed by atoms with Crippen LogP contribution in [0.5, 0.6) is 0 Å². The van der Waals surface area contributed by atoms with Crippen molar-refractivity contribution < 1.29 is 4.79 Å². The highest BCUT2D eigenvalue weighted by Crippen LogP contribution is 2.64. The van der Waals surface area contributed by atoms with Gasteiger partial charge in [0, 0.05) is 5.41 Å². The van der Waals surface area contributed by atoms with Crippen LogP contribution in [-0.4, -0.2) is 12.3 Å². The maximum atomic E-state index is 12.6. The van der Waals surface area contributed by atoms with Gasteiger partial charge in [-0.15, -0.1) is 0 Å². The molecule has 0 heterocycles. The van der Waals surface area contributed by atoms with Crippen LogP contribution in [0.4, 0.5) is 0 Å². The van der Waals surface area contributed by atoms with Gasteiger partial charge in [0.25, 0.3) is 0 Å². The topological polar surface area (TPSA) is 43.1 Å². The molecule has 5 saturated carbocycles. The average molecular weight is 261 g/mol. The minimum Gasteiger partial charge on any atom is -0.324 e. The van der Waals surface area contributed by atoms with Gasteiger partial charge < -0.3 is 5.73 Å². The predicted octanol–water partition coefficient (Wildman–Crippen LogP) is 3.15. The molecule has 0 atom stereocenters. The van der Waals surface area contributed by atoms with Crippen molar-refractivity contribution >= 4 is 5.78 Å². The van der Waals surface area contributed by atoms with Gasteiger partial charge in [0.2, 0.25) is 0 Å². The molecule has 2 heteroatoms. The van der Waals surface area contributed by atoms with E-state index in [9.17, 15) is 4.79 Å². The molecular weight excluding hydrogens is 234 g/mol. The van der Waals surface area contributed by atoms with Gasteiger partial charge >= 0.3 is 0 Å². The molecule has 0 saturated heterocycles. The van der Waals surface area contributed by atoms with Crippen molar-refractivity contribution in [3.05, 3.63) is 0 Å². The molecule has 0 aromatic rings. The molecule has 5 fully saturated rings. The summed E-state index contributed by atoms with van der Waals surface area (Å²) in [6.07, 6.45) is 12.0. The maximum absolute atomic E-state index is 12.6. The van der Waals surface area contributed by atoms with Gasteiger partial charge in [0.15, 0.2) is 5.78 Å². The van der Waals surface area contributed by atoms with Gasteiger partial charge in [-0.25, -0.2) is 0 Å². The van der Waals surface area contributed by atoms with Crippen molar-refractivity contribution in [2.45, 2.75) is 57.8 Å². The lowest BCUT2D eigenvalue weighted by molar-refractivity contribution is -0.145. The Morgan fingerprint density at radius 2 is 1.47 bits per heavy atom. The summed E-state index contributed by atoms with van der Waals surface area (Å²) in [5, 5.41) is 0. The number of carbonyl (C=O) groups excluding carboxylic acids is 1. The number of hydrogen-bond donors (Lipinski definition) is 1. The largest absolute Gasteiger partial charge is 0.324 e. The van der Waals surface area contributed by atoms with Crippen LogP contribution < -0.4 is 5.73 Å². The standard InChI is InChI=1S/C17H27NO/c18-10-15(19)17(3-1-2-4-17)16-13-6-11-5-12(8-13)9-14(16)7-11/h11-14,16H,1-10,18H2. The zero-order valence-electron chi connectivity index (χ0n) is 11.9. The minimum absolute atomic E-state index is 0.0113. The van der Waals surface area contributed by atoms with Crippen LogP contribution in [0.2, 0.25) is 0 Å². The lowest BCUT2D eigenvalue weighted by Gasteiger charge is -2.59. The quantitative estimate of drug-likeness (QED) is 0.848. The van der Waals surface area contributed by atoms with Crippen LogP contribution in [0.15, 0.2) is 0 Å². The van der Waals surface area contributed by atoms with Gasteiger partial charge in [-0.1, -0.05) is 12.8 Å². The molecule has 2 nitrogen and oxygen atoms in total. The Kier molecular flexibility index (Phi) is 2.81. The summed E-state index contributed by atoms with van der Waals surface area (Å²) in [7, 11) is 0. The van der Waals surface area contributed by atoms with E-state index in [1.54, 1.807) is 0 Å². The van der Waals surface area contributed by atoms with E-state index in [0.29, 0.717) is 11.7 Å². The summed E-state index contributed by atoms with van der Waals surface area (Å²) in [5.41, 5.74) is 5.79. The summed E-state index contributed by atoms with van der Waals surface area (Å²) >= 11 is 0. The molecule has 4 bridgehead atoms. The second-order valence-electron chi connectivity index (χ2n) is 7.95. The molecule has 106 valence electrons. The summed E-state index contributed by atoms with van der Waals surface area (Å²) in [4.78, 5) is 12.6. The Balaban J connectivity index is 1.68. The summed E-state index contributed by atoms with van der Waals surface area (Å²) in [6, 6.07) is 0. The first-order chi connectivity index (χ1) is 9.23. The molecular formula is C17H27NO. The Hall–Kier alpha value is -0.370. The second kappa shape index (κ2) is 4.31. The molecule has 2 N–H and O–H groups in total. The summed E-state index contributed by atoms with van der Waals surface area (Å²) in [5.74, 6) is 4.85. The Morgan fingerprint density at radius 3 is 1.95 bits per heavy atom. The number of Topliss-reactive ketones (excluding diaryl/α,β-unsaturated/α-hetero) is 1. The van der Waals surface area contributed by atoms with E-state index in [1.807, 2.05) is 0 Å². The highest BCUT2D eigenvalue weighted by molar-refractivity contribution is 5.87. The first-order valence-corrected chi connectivity index (χ1v) is 8.46. The van der Waals surface area contributed by atoms with E-state index in [0.717, 1.165) is 36.5 Å². The smallest absolute Gasteiger partial charge is 0.152 e. The molecule has 0 spiro atoms. The van der Waals surface area contributed by atoms with Crippen molar-refractivity contribution in [2.75, 3.05) is 6.54 Å². The van der Waals surface area contributed by atoms with Gasteiger partial charge in [0.05, 0.1) is 6.54 Å². The van der Waals surface area contributed by atoms with E-state index in [4.69, 9.17) is 5.73 Å². The highest BCUT2D eigenvalue weighted by atomic mass is 16.1. The molecule has 0 aromatic carbocycles. The maximum Gasteiger partial charge on any atom is 0.152 e. The monoisotopic (exact) mass is 261 g/mol. The fraction of sp³-hybridized carbons (Fsp3) is 0.941. The van der Waals surface area contributed by atoms with Crippen molar-refractivity contribution in [2.24, 2.45) is 40.7 Å². The van der Waals surface area contributed by atoms with Crippen LogP contribution >= 0.6 is 0 Å². The fourth-order valence-corrected chi connectivity index (χ4v) is 6.83. The van der Waals surface area contributed by atoms with Crippen LogP contribution in [0.25, 0.3) is 0 Å². The van der Waals surface area contributed by atoms with Crippen LogP contribution in [0, 0.1) is 35.0 Å². The normalized spacial score (nSPS) is 46.7. The second-order valence-corrected chi connectivity index (χ2v) is 7.95. The molecule has 0 radical (unpaired) electrons. The van der Waals surface area contributed by atoms with Gasteiger partial charge in [-0.3, -0.25) is 4.79 Å². The van der Waals surface area contributed by atoms with Crippen molar-refractivity contribution in [1.82, 2.24) is 0 Å². The van der Waals surface area contributed by atoms with Crippen LogP contribution in [-0.2, 0) is 4.79 Å². The predicted molar refractivity (Wildman–Crippen MR) is 75.5 cm³/mol. The molecule has 5 rings (SSSR count). The number of nitrogens with two attached hydrogens (primary N) is 1. The SMILES string of the molecule is NCC(=O)C1(C2C3CC4CC(C3)CC2C4)CCCC1. The first-order valence-electron chi connectivity index (χ1n) is 8.46. The number of rotatable bonds is 3. The van der Waals surface area contributed by atoms with E-state index in [2.05, 4.69) is 0 Å². The Labute approximate surface area is 116 Å². The van der Waals surface area contributed by atoms with Crippen LogP contribution in [0.3, 0.4) is 0 Å². The highest BCUT2D eigenvalue weighted by Gasteiger charge is 2.58. The Morgan fingerprint density at radius 1 is 0.947 bits per heavy atom. The van der Waals surface area contributed by atoms with Crippen molar-refractivity contribution in [3.63, 3.8) is 0 Å². The first kappa shape index (κ1) is 12.4. The lowest BCUT2D eigenvalue weighted by atomic mass is 9.45. The van der Waals surface area contributed by atoms with Gasteiger partial charge in [0.1, 0.15) is 0 Å². The lowest BCUT2D eigenvalue weighted by Crippen LogP contribution is -2.54. The fourth-order valence-electron chi connectivity index (χ4n) is 6.83. The number of ketones is 1. The van der Waals surface area contributed by atoms with Gasteiger partial charge in [-0.2, -0.15) is 0 Å². The van der Waals surface area contributed by atoms with Crippen molar-refractivity contribution in [3.8, 4) is 0 Å². The third-order valence-corrected chi connectivity index (χ3v) is 7.10. The summed E-state index contributed by atoms with van der Waals surface area (Å²) in [6.45, 7) is 0.281. The number of carbonyl (C=O) groups is 1. The van der Waals surface area contributed by atoms with Crippen molar-refractivity contribution in [1.29, 1.82) is 0 Å². The molecule has 0 aliphatic heterocycles. The summed E-state index contributed by atoms with van der Waals surface area (Å²) < 4.78 is 0. The molecule has 5 aliphatic rings. The van der Waals surface area contributed by atoms with Crippen LogP contribution in [0.1, 0.15) is 57.8 Å². The zero-order valence-corrected chi connectivity index (χ0v) is 11.9. The van der Waals surface area contributed by atoms with Gasteiger partial charge in [-0.05, 0) is 74.5 Å². The molecule has 0 amide bonds. The molecule has 0 unspecified atom stereocenters. The molecule has 19 heavy (non-hydrogen) atoms. The third-order valence-electron chi connectivity index (χ3n) is 7.10. The average Bonchev–Trinajstić information content (AvgIpc) is 2.87. The van der Waals surface area contributed by atoms with E-state index in [1.165, 1.54) is 44.9 Å². The molecule has 0 aromatic heterocycles. The van der Waals surface area contributed by atoms with E-state index < -0.39 is 0 Å². The Bertz CT molecular complexity index is 355. The minimum atomic E-state index is 0.0113. The van der Waals surface area contributed by atoms with E-state index in [-0.39, 0.29) is 12.0 Å². The molecule has 5 aliphatic carbocycles. The number of hydrogen-bond acceptors (Lipinski definition) is 2. The van der Waals surface area contributed by atoms with E-state index >= 15 is 0 Å².